The molecule has 101 heavy (non-hydrogen) atoms. The Kier molecular flexibility index (Phi) is 65.4. The zero-order valence-electron chi connectivity index (χ0n) is 68.2. The topological polar surface area (TPSA) is 0 Å². The van der Waals surface area contributed by atoms with Crippen LogP contribution in [0.15, 0.2) is 0 Å². The summed E-state index contributed by atoms with van der Waals surface area (Å²) in [6.45, 7) is 47.0. The van der Waals surface area contributed by atoms with Gasteiger partial charge in [-0.05, 0) is 297 Å². The highest BCUT2D eigenvalue weighted by atomic mass is 14.4. The average Bonchev–Trinajstić information content (AvgIpc) is 0.832. The lowest BCUT2D eigenvalue weighted by atomic mass is 9.67. The van der Waals surface area contributed by atoms with Crippen molar-refractivity contribution < 1.29 is 14.3 Å². The van der Waals surface area contributed by atoms with Crippen molar-refractivity contribution in [2.75, 3.05) is 0 Å². The molecule has 0 aliphatic heterocycles. The molecule has 0 aromatic heterocycles. The van der Waals surface area contributed by atoms with E-state index in [1.54, 1.807) is 41.5 Å². The van der Waals surface area contributed by atoms with Gasteiger partial charge in [-0.15, -0.1) is 0 Å². The minimum absolute atomic E-state index is 0. The maximum atomic E-state index is 3.68. The first-order valence-electron chi connectivity index (χ1n) is 37.9. The molecular formula is C101H150. The summed E-state index contributed by atoms with van der Waals surface area (Å²) in [5.41, 5.74) is -1.22. The summed E-state index contributed by atoms with van der Waals surface area (Å²) in [7, 11) is 0. The Morgan fingerprint density at radius 2 is 0.416 bits per heavy atom. The Bertz CT molecular complexity index is 3650. The lowest BCUT2D eigenvalue weighted by Gasteiger charge is -2.36. The fraction of sp³-hybridized carbons (Fsp3) is 0.604. The van der Waals surface area contributed by atoms with Crippen LogP contribution in [0, 0.1) is 287 Å². The molecule has 0 aromatic rings. The molecule has 0 nitrogen and oxygen atoms in total. The maximum absolute atomic E-state index is 3.68. The van der Waals surface area contributed by atoms with E-state index in [0.29, 0.717) is 5.92 Å². The van der Waals surface area contributed by atoms with Crippen molar-refractivity contribution in [3.8, 4) is 237 Å². The van der Waals surface area contributed by atoms with Gasteiger partial charge in [-0.25, -0.2) is 0 Å². The molecule has 0 aliphatic rings. The minimum atomic E-state index is -0.394. The number of rotatable bonds is 34. The average molecular weight is 1360 g/mol. The maximum Gasteiger partial charge on any atom is 0.0911 e. The van der Waals surface area contributed by atoms with Gasteiger partial charge >= 0.3 is 0 Å². The largest absolute Gasteiger partial charge is 0.0925 e. The first-order chi connectivity index (χ1) is 48.5. The van der Waals surface area contributed by atoms with Crippen LogP contribution in [0.3, 0.4) is 0 Å². The molecule has 0 amide bonds. The lowest BCUT2D eigenvalue weighted by Crippen LogP contribution is -2.28. The molecule has 2 unspecified atom stereocenters. The van der Waals surface area contributed by atoms with Crippen molar-refractivity contribution in [2.24, 2.45) is 50.2 Å². The van der Waals surface area contributed by atoms with Gasteiger partial charge in [0.25, 0.3) is 0 Å². The predicted octanol–water partition coefficient (Wildman–Crippen LogP) is 26.0. The van der Waals surface area contributed by atoms with Gasteiger partial charge in [0.05, 0.1) is 21.7 Å². The van der Waals surface area contributed by atoms with E-state index in [0.717, 1.165) is 95.3 Å². The zero-order valence-corrected chi connectivity index (χ0v) is 68.2. The molecule has 0 fully saturated rings. The number of unbranched alkanes of at least 4 members (excludes halogenated alkanes) is 9. The molecule has 0 saturated heterocycles. The standard InChI is InChI=1S/C34H46.C32H42.C18H22.C17H20.10H2/c1-9-13-17-25-33(8,26-18-14-10-2)27-22-24-32(7)34(28-19-15-11-3,29-20-16-12-4)30-21-23-31(5)6;1-7-12-17-24-31(6,25-18-13-8-2)26-22-23-30-32(27-19-14-9-3,28-20-15-10-4)29-21-16-11-5;1-6-8-10-14-18(5,15-11-9-7-2)16-12-13-17(3)4;1-5-8-11-14-17(4,15-12-9-6-2)16-13-10-7-3;;;;;;;;;;/h31-32H,11,15,19,21-24,27-28,30H2,1-8H3;9-10,14-15,19-20,22-23,26-28,30H2,1-6H3;17H,12-13,16H2,1-5H3;5,8,11,14H2,1-4H3;10*1H. The van der Waals surface area contributed by atoms with Crippen LogP contribution < -0.4 is 0 Å². The first kappa shape index (κ1) is 98.6. The molecule has 0 saturated carbocycles. The van der Waals surface area contributed by atoms with Crippen LogP contribution in [0.5, 0.6) is 0 Å². The van der Waals surface area contributed by atoms with E-state index in [2.05, 4.69) is 327 Å². The van der Waals surface area contributed by atoms with Crippen LogP contribution in [0.25, 0.3) is 0 Å². The summed E-state index contributed by atoms with van der Waals surface area (Å²) < 4.78 is 0. The lowest BCUT2D eigenvalue weighted by molar-refractivity contribution is 0.189. The second kappa shape index (κ2) is 67.0. The second-order valence-corrected chi connectivity index (χ2v) is 27.4. The molecule has 554 valence electrons. The van der Waals surface area contributed by atoms with Crippen molar-refractivity contribution in [3.05, 3.63) is 0 Å². The SMILES string of the molecule is CC#CC#CC(C)(C#CC#CC)CCCC(C)C.CC#CC#CC(C)(C#CC#CC)CCCC(C)C(C#CC#CC)(CCCCC)CCCC(C)C.CC#CC#CC(C)(C#CC#CC)CCCCC.CC#CC#CC(C)(C#CC#CC)CCCCC(C#CC#CC)(CCCCC)CCCCC.[HH].[HH].[HH].[HH].[HH].[HH].[HH].[HH].[HH].[HH]. The second-order valence-electron chi connectivity index (χ2n) is 27.4. The Morgan fingerprint density at radius 3 is 0.683 bits per heavy atom. The summed E-state index contributed by atoms with van der Waals surface area (Å²) in [6.07, 6.45) is 33.6. The van der Waals surface area contributed by atoms with Crippen LogP contribution >= 0.6 is 0 Å². The molecule has 0 heteroatoms. The highest BCUT2D eigenvalue weighted by Gasteiger charge is 2.34. The highest BCUT2D eigenvalue weighted by molar-refractivity contribution is 5.41. The molecule has 0 radical (unpaired) electrons. The molecule has 0 heterocycles. The molecule has 0 N–H and O–H groups in total. The van der Waals surface area contributed by atoms with E-state index >= 15 is 0 Å². The van der Waals surface area contributed by atoms with Gasteiger partial charge in [-0.1, -0.05) is 303 Å². The van der Waals surface area contributed by atoms with E-state index in [-0.39, 0.29) is 41.3 Å². The quantitative estimate of drug-likeness (QED) is 0.0445. The van der Waals surface area contributed by atoms with Crippen LogP contribution in [-0.2, 0) is 0 Å². The summed E-state index contributed by atoms with van der Waals surface area (Å²) in [4.78, 5) is 0. The fourth-order valence-electron chi connectivity index (χ4n) is 10.9. The zero-order chi connectivity index (χ0) is 76.5. The minimum Gasteiger partial charge on any atom is -0.0925 e. The van der Waals surface area contributed by atoms with Gasteiger partial charge in [-0.2, -0.15) is 0 Å². The van der Waals surface area contributed by atoms with Gasteiger partial charge in [0.15, 0.2) is 0 Å². The predicted molar refractivity (Wildman–Crippen MR) is 466 cm³/mol. The van der Waals surface area contributed by atoms with Crippen molar-refractivity contribution >= 4 is 0 Å². The van der Waals surface area contributed by atoms with Crippen LogP contribution in [0.1, 0.15) is 360 Å². The van der Waals surface area contributed by atoms with E-state index < -0.39 is 5.41 Å². The third kappa shape index (κ3) is 58.7. The van der Waals surface area contributed by atoms with E-state index in [4.69, 9.17) is 0 Å². The van der Waals surface area contributed by atoms with Crippen LogP contribution in [0.2, 0.25) is 0 Å². The molecule has 2 atom stereocenters. The van der Waals surface area contributed by atoms with Gasteiger partial charge in [-0.3, -0.25) is 0 Å². The van der Waals surface area contributed by atoms with Crippen LogP contribution in [0.4, 0.5) is 0 Å². The van der Waals surface area contributed by atoms with Gasteiger partial charge in [0, 0.05) is 25.1 Å². The summed E-state index contributed by atoms with van der Waals surface area (Å²) >= 11 is 0. The Hall–Kier alpha value is -8.80. The fourth-order valence-corrected chi connectivity index (χ4v) is 10.9. The molecule has 0 bridgehead atoms. The van der Waals surface area contributed by atoms with Crippen molar-refractivity contribution in [1.29, 1.82) is 0 Å². The Labute approximate surface area is 643 Å². The van der Waals surface area contributed by atoms with Gasteiger partial charge in [0.2, 0.25) is 0 Å². The number of hydrogen-bond donors (Lipinski definition) is 0. The molecule has 0 aromatic carbocycles. The van der Waals surface area contributed by atoms with Crippen LogP contribution in [-0.4, -0.2) is 0 Å². The monoisotopic (exact) mass is 1360 g/mol. The third-order valence-electron chi connectivity index (χ3n) is 16.9. The molecule has 0 spiro atoms. The smallest absolute Gasteiger partial charge is 0.0911 e. The van der Waals surface area contributed by atoms with Gasteiger partial charge < -0.3 is 0 Å². The Morgan fingerprint density at radius 1 is 0.218 bits per heavy atom. The van der Waals surface area contributed by atoms with Crippen molar-refractivity contribution in [3.63, 3.8) is 0 Å². The van der Waals surface area contributed by atoms with Crippen molar-refractivity contribution in [1.82, 2.24) is 0 Å². The highest BCUT2D eigenvalue weighted by Crippen LogP contribution is 2.42. The molecule has 0 rings (SSSR count). The molecule has 0 aliphatic carbocycles. The summed E-state index contributed by atoms with van der Waals surface area (Å²) in [6, 6.07) is 0. The Balaban J connectivity index is -0.0000000949. The molecular weight excluding hydrogens is 1210 g/mol. The summed E-state index contributed by atoms with van der Waals surface area (Å²) in [5.74, 6) is 122. The van der Waals surface area contributed by atoms with Gasteiger partial charge in [0.1, 0.15) is 0 Å². The number of hydrogen-bond acceptors (Lipinski definition) is 0. The first-order valence-corrected chi connectivity index (χ1v) is 37.9. The normalized spacial score (nSPS) is 10.1. The summed E-state index contributed by atoms with van der Waals surface area (Å²) in [5, 5.41) is 0. The van der Waals surface area contributed by atoms with E-state index in [9.17, 15) is 0 Å². The third-order valence-corrected chi connectivity index (χ3v) is 16.9. The van der Waals surface area contributed by atoms with Crippen molar-refractivity contribution in [2.45, 2.75) is 345 Å². The van der Waals surface area contributed by atoms with E-state index in [1.165, 1.54) is 103 Å². The van der Waals surface area contributed by atoms with E-state index in [1.807, 2.05) is 27.7 Å².